The van der Waals surface area contributed by atoms with E-state index in [1.807, 2.05) is 12.1 Å². The first-order valence-corrected chi connectivity index (χ1v) is 7.47. The van der Waals surface area contributed by atoms with Crippen LogP contribution in [0.15, 0.2) is 42.5 Å². The van der Waals surface area contributed by atoms with Crippen molar-refractivity contribution in [3.63, 3.8) is 0 Å². The van der Waals surface area contributed by atoms with Gasteiger partial charge in [0.25, 0.3) is 0 Å². The molecule has 0 aliphatic carbocycles. The van der Waals surface area contributed by atoms with Crippen molar-refractivity contribution < 1.29 is 9.53 Å². The molecule has 2 aromatic rings. The van der Waals surface area contributed by atoms with Gasteiger partial charge >= 0.3 is 0 Å². The van der Waals surface area contributed by atoms with E-state index in [0.29, 0.717) is 34.4 Å². The molecule has 2 rings (SSSR count). The van der Waals surface area contributed by atoms with Crippen LogP contribution in [0.4, 0.5) is 11.4 Å². The van der Waals surface area contributed by atoms with Gasteiger partial charge in [-0.3, -0.25) is 4.79 Å². The number of carbonyl (C=O) groups is 1. The maximum atomic E-state index is 12.0. The molecule has 0 bridgehead atoms. The van der Waals surface area contributed by atoms with Crippen molar-refractivity contribution >= 4 is 40.5 Å². The van der Waals surface area contributed by atoms with Crippen LogP contribution in [0.5, 0.6) is 5.75 Å². The van der Waals surface area contributed by atoms with Crippen LogP contribution in [-0.2, 0) is 4.79 Å². The normalized spacial score (nSPS) is 10.1. The molecule has 6 heteroatoms. The first kappa shape index (κ1) is 16.5. The summed E-state index contributed by atoms with van der Waals surface area (Å²) in [4.78, 5) is 12.0. The number of hydrogen-bond donors (Lipinski definition) is 2. The van der Waals surface area contributed by atoms with E-state index in [2.05, 4.69) is 10.6 Å². The second-order valence-corrected chi connectivity index (χ2v) is 5.45. The van der Waals surface area contributed by atoms with E-state index in [4.69, 9.17) is 27.9 Å². The van der Waals surface area contributed by atoms with Gasteiger partial charge in [0, 0.05) is 28.7 Å². The van der Waals surface area contributed by atoms with Crippen LogP contribution in [-0.4, -0.2) is 19.6 Å². The quantitative estimate of drug-likeness (QED) is 0.818. The highest BCUT2D eigenvalue weighted by Gasteiger charge is 2.08. The summed E-state index contributed by atoms with van der Waals surface area (Å²) >= 11 is 11.8. The Balaban J connectivity index is 1.87. The van der Waals surface area contributed by atoms with Crippen molar-refractivity contribution in [3.05, 3.63) is 52.5 Å². The fourth-order valence-electron chi connectivity index (χ4n) is 1.91. The maximum Gasteiger partial charge on any atom is 0.226 e. The Hall–Kier alpha value is -1.91. The summed E-state index contributed by atoms with van der Waals surface area (Å²) in [5.41, 5.74) is 1.43. The number of rotatable bonds is 6. The lowest BCUT2D eigenvalue weighted by molar-refractivity contribution is -0.115. The minimum absolute atomic E-state index is 0.130. The van der Waals surface area contributed by atoms with Crippen molar-refractivity contribution in [2.45, 2.75) is 6.42 Å². The summed E-state index contributed by atoms with van der Waals surface area (Å²) < 4.78 is 5.18. The second kappa shape index (κ2) is 7.92. The smallest absolute Gasteiger partial charge is 0.226 e. The maximum absolute atomic E-state index is 12.0. The Morgan fingerprint density at radius 1 is 1.14 bits per heavy atom. The summed E-state index contributed by atoms with van der Waals surface area (Å²) in [6.07, 6.45) is 0.308. The van der Waals surface area contributed by atoms with E-state index in [9.17, 15) is 4.79 Å². The first-order valence-electron chi connectivity index (χ1n) is 6.71. The van der Waals surface area contributed by atoms with E-state index >= 15 is 0 Å². The van der Waals surface area contributed by atoms with E-state index in [0.717, 1.165) is 5.69 Å². The van der Waals surface area contributed by atoms with Gasteiger partial charge in [0.1, 0.15) is 5.75 Å². The number of hydrogen-bond acceptors (Lipinski definition) is 3. The van der Waals surface area contributed by atoms with Crippen LogP contribution in [0.1, 0.15) is 6.42 Å². The molecule has 0 saturated carbocycles. The third kappa shape index (κ3) is 4.83. The van der Waals surface area contributed by atoms with E-state index in [-0.39, 0.29) is 5.91 Å². The lowest BCUT2D eigenvalue weighted by atomic mass is 10.2. The summed E-state index contributed by atoms with van der Waals surface area (Å²) in [7, 11) is 1.54. The molecular weight excluding hydrogens is 323 g/mol. The van der Waals surface area contributed by atoms with Crippen molar-refractivity contribution in [1.29, 1.82) is 0 Å². The number of nitrogens with one attached hydrogen (secondary N) is 2. The number of methoxy groups -OCH3 is 1. The minimum atomic E-state index is -0.130. The van der Waals surface area contributed by atoms with Gasteiger partial charge in [-0.1, -0.05) is 29.3 Å². The molecule has 0 saturated heterocycles. The SMILES string of the molecule is COc1ccc(Cl)cc1NC(=O)CCNc1cccc(Cl)c1. The molecule has 0 radical (unpaired) electrons. The summed E-state index contributed by atoms with van der Waals surface area (Å²) in [5.74, 6) is 0.440. The van der Waals surface area contributed by atoms with Gasteiger partial charge in [0.15, 0.2) is 0 Å². The predicted octanol–water partition coefficient (Wildman–Crippen LogP) is 4.44. The predicted molar refractivity (Wildman–Crippen MR) is 91.2 cm³/mol. The molecule has 0 fully saturated rings. The number of amides is 1. The number of anilines is 2. The monoisotopic (exact) mass is 338 g/mol. The van der Waals surface area contributed by atoms with Crippen molar-refractivity contribution in [1.82, 2.24) is 0 Å². The molecule has 1 amide bonds. The Bertz CT molecular complexity index is 662. The minimum Gasteiger partial charge on any atom is -0.495 e. The molecule has 0 aromatic heterocycles. The third-order valence-corrected chi connectivity index (χ3v) is 3.41. The molecule has 0 atom stereocenters. The highest BCUT2D eigenvalue weighted by molar-refractivity contribution is 6.31. The fraction of sp³-hybridized carbons (Fsp3) is 0.188. The Labute approximate surface area is 139 Å². The van der Waals surface area contributed by atoms with E-state index in [1.54, 1.807) is 37.4 Å². The summed E-state index contributed by atoms with van der Waals surface area (Å²) in [6, 6.07) is 12.4. The molecule has 0 spiro atoms. The average Bonchev–Trinajstić information content (AvgIpc) is 2.47. The summed E-state index contributed by atoms with van der Waals surface area (Å²) in [6.45, 7) is 0.495. The Morgan fingerprint density at radius 3 is 2.64 bits per heavy atom. The van der Waals surface area contributed by atoms with Crippen LogP contribution in [0.25, 0.3) is 0 Å². The topological polar surface area (TPSA) is 50.4 Å². The standard InChI is InChI=1S/C16H16Cl2N2O2/c1-22-15-6-5-12(18)10-14(15)20-16(21)7-8-19-13-4-2-3-11(17)9-13/h2-6,9-10,19H,7-8H2,1H3,(H,20,21). The van der Waals surface area contributed by atoms with Crippen molar-refractivity contribution in [2.24, 2.45) is 0 Å². The van der Waals surface area contributed by atoms with E-state index in [1.165, 1.54) is 0 Å². The van der Waals surface area contributed by atoms with Gasteiger partial charge in [-0.25, -0.2) is 0 Å². The molecule has 2 aromatic carbocycles. The molecule has 116 valence electrons. The second-order valence-electron chi connectivity index (χ2n) is 4.58. The molecule has 0 heterocycles. The first-order chi connectivity index (χ1) is 10.6. The molecular formula is C16H16Cl2N2O2. The van der Waals surface area contributed by atoms with Crippen LogP contribution in [0.3, 0.4) is 0 Å². The zero-order valence-electron chi connectivity index (χ0n) is 12.0. The zero-order valence-corrected chi connectivity index (χ0v) is 13.5. The van der Waals surface area contributed by atoms with Crippen LogP contribution >= 0.6 is 23.2 Å². The molecule has 0 unspecified atom stereocenters. The largest absolute Gasteiger partial charge is 0.495 e. The lowest BCUT2D eigenvalue weighted by Gasteiger charge is -2.11. The van der Waals surface area contributed by atoms with Gasteiger partial charge < -0.3 is 15.4 Å². The number of halogens is 2. The van der Waals surface area contributed by atoms with Gasteiger partial charge in [-0.15, -0.1) is 0 Å². The third-order valence-electron chi connectivity index (χ3n) is 2.94. The molecule has 22 heavy (non-hydrogen) atoms. The van der Waals surface area contributed by atoms with Gasteiger partial charge in [0.05, 0.1) is 12.8 Å². The van der Waals surface area contributed by atoms with Crippen molar-refractivity contribution in [3.8, 4) is 5.75 Å². The number of benzene rings is 2. The Morgan fingerprint density at radius 2 is 1.91 bits per heavy atom. The van der Waals surface area contributed by atoms with Gasteiger partial charge in [0.2, 0.25) is 5.91 Å². The van der Waals surface area contributed by atoms with Gasteiger partial charge in [-0.05, 0) is 36.4 Å². The van der Waals surface area contributed by atoms with E-state index < -0.39 is 0 Å². The number of ether oxygens (including phenoxy) is 1. The van der Waals surface area contributed by atoms with Crippen LogP contribution in [0, 0.1) is 0 Å². The molecule has 4 nitrogen and oxygen atoms in total. The van der Waals surface area contributed by atoms with Crippen LogP contribution in [0.2, 0.25) is 10.0 Å². The zero-order chi connectivity index (χ0) is 15.9. The fourth-order valence-corrected chi connectivity index (χ4v) is 2.27. The average molecular weight is 339 g/mol. The molecule has 0 aliphatic heterocycles. The Kier molecular flexibility index (Phi) is 5.92. The molecule has 2 N–H and O–H groups in total. The van der Waals surface area contributed by atoms with Crippen LogP contribution < -0.4 is 15.4 Å². The van der Waals surface area contributed by atoms with Gasteiger partial charge in [-0.2, -0.15) is 0 Å². The highest BCUT2D eigenvalue weighted by atomic mass is 35.5. The molecule has 0 aliphatic rings. The summed E-state index contributed by atoms with van der Waals surface area (Å²) in [5, 5.41) is 7.11. The number of carbonyl (C=O) groups excluding carboxylic acids is 1. The van der Waals surface area contributed by atoms with Crippen molar-refractivity contribution in [2.75, 3.05) is 24.3 Å². The highest BCUT2D eigenvalue weighted by Crippen LogP contribution is 2.27. The lowest BCUT2D eigenvalue weighted by Crippen LogP contribution is -2.16.